The van der Waals surface area contributed by atoms with E-state index < -0.39 is 10.8 Å². The molecular weight excluding hydrogens is 318 g/mol. The van der Waals surface area contributed by atoms with Crippen LogP contribution in [0.3, 0.4) is 0 Å². The van der Waals surface area contributed by atoms with E-state index in [2.05, 4.69) is 5.32 Å². The second-order valence-corrected chi connectivity index (χ2v) is 4.86. The highest BCUT2D eigenvalue weighted by Crippen LogP contribution is 2.25. The third-order valence-corrected chi connectivity index (χ3v) is 3.22. The number of nitrogens with one attached hydrogen (secondary N) is 1. The second kappa shape index (κ2) is 7.20. The first kappa shape index (κ1) is 16.2. The first-order valence-corrected chi connectivity index (χ1v) is 6.81. The van der Waals surface area contributed by atoms with E-state index in [9.17, 15) is 14.9 Å². The quantitative estimate of drug-likeness (QED) is 0.525. The molecule has 114 valence electrons. The van der Waals surface area contributed by atoms with Gasteiger partial charge in [-0.15, -0.1) is 0 Å². The van der Waals surface area contributed by atoms with Crippen LogP contribution in [0.1, 0.15) is 11.1 Å². The molecule has 0 heterocycles. The van der Waals surface area contributed by atoms with E-state index in [1.54, 1.807) is 30.3 Å². The fourth-order valence-corrected chi connectivity index (χ4v) is 2.00. The van der Waals surface area contributed by atoms with E-state index in [4.69, 9.17) is 16.9 Å². The van der Waals surface area contributed by atoms with Crippen molar-refractivity contribution in [3.63, 3.8) is 0 Å². The largest absolute Gasteiger partial charge is 0.321 e. The summed E-state index contributed by atoms with van der Waals surface area (Å²) in [6, 6.07) is 12.8. The van der Waals surface area contributed by atoms with Gasteiger partial charge in [-0.25, -0.2) is 0 Å². The predicted molar refractivity (Wildman–Crippen MR) is 86.9 cm³/mol. The maximum absolute atomic E-state index is 11.9. The topological polar surface area (TPSA) is 96.0 Å². The molecule has 23 heavy (non-hydrogen) atoms. The number of amides is 1. The average molecular weight is 328 g/mol. The molecule has 1 N–H and O–H groups in total. The van der Waals surface area contributed by atoms with Gasteiger partial charge in [0, 0.05) is 12.1 Å². The Morgan fingerprint density at radius 3 is 2.74 bits per heavy atom. The van der Waals surface area contributed by atoms with Crippen LogP contribution >= 0.6 is 11.6 Å². The number of hydrogen-bond acceptors (Lipinski definition) is 4. The van der Waals surface area contributed by atoms with E-state index in [0.717, 1.165) is 0 Å². The Hall–Kier alpha value is -3.17. The normalized spacial score (nSPS) is 10.3. The number of anilines is 1. The number of nitro groups is 1. The Labute approximate surface area is 136 Å². The number of benzene rings is 2. The van der Waals surface area contributed by atoms with Crippen LogP contribution in [0.4, 0.5) is 11.4 Å². The van der Waals surface area contributed by atoms with Crippen LogP contribution in [-0.2, 0) is 4.79 Å². The van der Waals surface area contributed by atoms with Gasteiger partial charge in [0.1, 0.15) is 11.1 Å². The van der Waals surface area contributed by atoms with Crippen molar-refractivity contribution in [3.8, 4) is 6.07 Å². The summed E-state index contributed by atoms with van der Waals surface area (Å²) in [5.41, 5.74) is 0.969. The molecule has 0 saturated heterocycles. The summed E-state index contributed by atoms with van der Waals surface area (Å²) in [6.45, 7) is 0. The molecule has 2 aromatic carbocycles. The highest BCUT2D eigenvalue weighted by molar-refractivity contribution is 6.32. The first-order valence-electron chi connectivity index (χ1n) is 6.43. The van der Waals surface area contributed by atoms with Crippen LogP contribution in [-0.4, -0.2) is 10.8 Å². The van der Waals surface area contributed by atoms with Gasteiger partial charge < -0.3 is 5.32 Å². The molecule has 0 bridgehead atoms. The zero-order chi connectivity index (χ0) is 16.8. The molecule has 0 aromatic heterocycles. The molecular formula is C16H10ClN3O3. The van der Waals surface area contributed by atoms with E-state index in [1.165, 1.54) is 24.3 Å². The number of rotatable bonds is 4. The number of carbonyl (C=O) groups is 1. The summed E-state index contributed by atoms with van der Waals surface area (Å²) in [5.74, 6) is -0.453. The van der Waals surface area contributed by atoms with Gasteiger partial charge in [-0.1, -0.05) is 29.8 Å². The Balaban J connectivity index is 2.14. The number of nitro benzene ring substituents is 1. The fraction of sp³-hybridized carbons (Fsp3) is 0. The zero-order valence-electron chi connectivity index (χ0n) is 11.7. The summed E-state index contributed by atoms with van der Waals surface area (Å²) in [5, 5.41) is 22.4. The monoisotopic (exact) mass is 327 g/mol. The van der Waals surface area contributed by atoms with Gasteiger partial charge in [0.25, 0.3) is 5.69 Å². The molecule has 2 aromatic rings. The minimum absolute atomic E-state index is 0.0274. The molecule has 0 saturated carbocycles. The SMILES string of the molecule is N#Cc1ccccc1NC(=O)C=Cc1ccc(Cl)c([N+](=O)[O-])c1. The van der Waals surface area contributed by atoms with E-state index >= 15 is 0 Å². The molecule has 0 spiro atoms. The smallest absolute Gasteiger partial charge is 0.288 e. The lowest BCUT2D eigenvalue weighted by Crippen LogP contribution is -2.08. The highest BCUT2D eigenvalue weighted by atomic mass is 35.5. The number of para-hydroxylation sites is 1. The second-order valence-electron chi connectivity index (χ2n) is 4.45. The van der Waals surface area contributed by atoms with Gasteiger partial charge in [0.2, 0.25) is 5.91 Å². The standard InChI is InChI=1S/C16H10ClN3O3/c17-13-7-5-11(9-15(13)20(22)23)6-8-16(21)19-14-4-2-1-3-12(14)10-18/h1-9H,(H,19,21). The Kier molecular flexibility index (Phi) is 5.07. The lowest BCUT2D eigenvalue weighted by atomic mass is 10.1. The van der Waals surface area contributed by atoms with Crippen molar-refractivity contribution in [3.05, 3.63) is 74.8 Å². The molecule has 0 aliphatic rings. The molecule has 2 rings (SSSR count). The van der Waals surface area contributed by atoms with E-state index in [1.807, 2.05) is 6.07 Å². The van der Waals surface area contributed by atoms with Crippen molar-refractivity contribution >= 4 is 35.0 Å². The predicted octanol–water partition coefficient (Wildman–Crippen LogP) is 3.77. The summed E-state index contributed by atoms with van der Waals surface area (Å²) in [6.07, 6.45) is 2.65. The highest BCUT2D eigenvalue weighted by Gasteiger charge is 2.11. The average Bonchev–Trinajstić information content (AvgIpc) is 2.54. The van der Waals surface area contributed by atoms with Gasteiger partial charge in [-0.3, -0.25) is 14.9 Å². The molecule has 1 amide bonds. The minimum atomic E-state index is -0.594. The van der Waals surface area contributed by atoms with Crippen molar-refractivity contribution in [1.29, 1.82) is 5.26 Å². The zero-order valence-corrected chi connectivity index (χ0v) is 12.4. The summed E-state index contributed by atoms with van der Waals surface area (Å²) in [4.78, 5) is 22.1. The number of carbonyl (C=O) groups excluding carboxylic acids is 1. The summed E-state index contributed by atoms with van der Waals surface area (Å²) < 4.78 is 0. The lowest BCUT2D eigenvalue weighted by Gasteiger charge is -2.03. The molecule has 0 aliphatic heterocycles. The van der Waals surface area contributed by atoms with Gasteiger partial charge in [0.05, 0.1) is 16.2 Å². The maximum atomic E-state index is 11.9. The van der Waals surface area contributed by atoms with Crippen LogP contribution < -0.4 is 5.32 Å². The van der Waals surface area contributed by atoms with Crippen LogP contribution in [0.15, 0.2) is 48.5 Å². The Morgan fingerprint density at radius 2 is 2.04 bits per heavy atom. The van der Waals surface area contributed by atoms with Crippen molar-refractivity contribution in [2.75, 3.05) is 5.32 Å². The van der Waals surface area contributed by atoms with E-state index in [0.29, 0.717) is 16.8 Å². The molecule has 7 heteroatoms. The molecule has 0 atom stereocenters. The van der Waals surface area contributed by atoms with Crippen LogP contribution in [0.5, 0.6) is 0 Å². The van der Waals surface area contributed by atoms with Crippen LogP contribution in [0, 0.1) is 21.4 Å². The molecule has 6 nitrogen and oxygen atoms in total. The Morgan fingerprint density at radius 1 is 1.30 bits per heavy atom. The van der Waals surface area contributed by atoms with Crippen LogP contribution in [0.25, 0.3) is 6.08 Å². The van der Waals surface area contributed by atoms with Crippen molar-refractivity contribution < 1.29 is 9.72 Å². The minimum Gasteiger partial charge on any atom is -0.321 e. The third kappa shape index (κ3) is 4.15. The van der Waals surface area contributed by atoms with Gasteiger partial charge in [0.15, 0.2) is 0 Å². The number of nitriles is 1. The molecule has 0 fully saturated rings. The summed E-state index contributed by atoms with van der Waals surface area (Å²) in [7, 11) is 0. The Bertz CT molecular complexity index is 841. The number of halogens is 1. The third-order valence-electron chi connectivity index (χ3n) is 2.90. The summed E-state index contributed by atoms with van der Waals surface area (Å²) >= 11 is 5.72. The first-order chi connectivity index (χ1) is 11.0. The van der Waals surface area contributed by atoms with Gasteiger partial charge >= 0.3 is 0 Å². The lowest BCUT2D eigenvalue weighted by molar-refractivity contribution is -0.384. The fourth-order valence-electron chi connectivity index (χ4n) is 1.81. The molecule has 0 unspecified atom stereocenters. The van der Waals surface area contributed by atoms with Gasteiger partial charge in [-0.2, -0.15) is 5.26 Å². The molecule has 0 radical (unpaired) electrons. The molecule has 0 aliphatic carbocycles. The van der Waals surface area contributed by atoms with Crippen molar-refractivity contribution in [2.45, 2.75) is 0 Å². The number of nitrogens with zero attached hydrogens (tertiary/aromatic N) is 2. The maximum Gasteiger partial charge on any atom is 0.288 e. The van der Waals surface area contributed by atoms with Gasteiger partial charge in [-0.05, 0) is 29.8 Å². The van der Waals surface area contributed by atoms with Crippen LogP contribution in [0.2, 0.25) is 5.02 Å². The van der Waals surface area contributed by atoms with E-state index in [-0.39, 0.29) is 10.7 Å². The van der Waals surface area contributed by atoms with Crippen molar-refractivity contribution in [2.24, 2.45) is 0 Å². The van der Waals surface area contributed by atoms with Crippen molar-refractivity contribution in [1.82, 2.24) is 0 Å². The number of hydrogen-bond donors (Lipinski definition) is 1.